The van der Waals surface area contributed by atoms with Crippen molar-refractivity contribution in [3.05, 3.63) is 117 Å². The molecule has 0 aliphatic carbocycles. The minimum Gasteiger partial charge on any atom is -0.494 e. The van der Waals surface area contributed by atoms with Gasteiger partial charge in [-0.15, -0.1) is 5.10 Å². The molecule has 8 rings (SSSR count). The zero-order valence-electron chi connectivity index (χ0n) is 32.0. The predicted octanol–water partition coefficient (Wildman–Crippen LogP) is 5.70. The molecule has 1 fully saturated rings. The summed E-state index contributed by atoms with van der Waals surface area (Å²) in [6.45, 7) is 1.14. The number of ether oxygens (including phenoxy) is 2. The van der Waals surface area contributed by atoms with Crippen molar-refractivity contribution in [1.29, 1.82) is 0 Å². The van der Waals surface area contributed by atoms with Crippen LogP contribution in [0.5, 0.6) is 11.5 Å². The number of aryl methyl sites for hydroxylation is 1. The Balaban J connectivity index is 0.901. The summed E-state index contributed by atoms with van der Waals surface area (Å²) in [6.07, 6.45) is 4.48. The molecule has 2 atom stereocenters. The van der Waals surface area contributed by atoms with E-state index in [4.69, 9.17) is 26.8 Å². The molecule has 16 heteroatoms. The predicted molar refractivity (Wildman–Crippen MR) is 213 cm³/mol. The highest BCUT2D eigenvalue weighted by Gasteiger charge is 2.44. The maximum Gasteiger partial charge on any atom is 0.255 e. The topological polar surface area (TPSA) is 171 Å². The maximum absolute atomic E-state index is 16.3. The van der Waals surface area contributed by atoms with Crippen LogP contribution < -0.4 is 25.8 Å². The second-order valence-corrected chi connectivity index (χ2v) is 15.2. The van der Waals surface area contributed by atoms with Crippen molar-refractivity contribution in [3.63, 3.8) is 0 Å². The lowest BCUT2D eigenvalue weighted by Gasteiger charge is -2.29. The number of piperidine rings is 1. The van der Waals surface area contributed by atoms with Crippen LogP contribution in [0.15, 0.2) is 72.9 Å². The van der Waals surface area contributed by atoms with E-state index in [-0.39, 0.29) is 83.9 Å². The van der Waals surface area contributed by atoms with Gasteiger partial charge < -0.3 is 25.4 Å². The Labute approximate surface area is 342 Å². The summed E-state index contributed by atoms with van der Waals surface area (Å²) < 4.78 is 45.1. The van der Waals surface area contributed by atoms with Crippen molar-refractivity contribution in [2.75, 3.05) is 20.2 Å². The molecule has 4 heterocycles. The Hall–Kier alpha value is -6.19. The van der Waals surface area contributed by atoms with E-state index in [0.29, 0.717) is 29.8 Å². The number of carbonyl (C=O) groups is 4. The maximum atomic E-state index is 16.3. The molecule has 13 nitrogen and oxygen atoms in total. The molecule has 0 saturated carbocycles. The number of aromatic nitrogens is 3. The zero-order chi connectivity index (χ0) is 41.4. The van der Waals surface area contributed by atoms with Crippen LogP contribution in [-0.4, -0.2) is 69.8 Å². The highest BCUT2D eigenvalue weighted by Crippen LogP contribution is 2.50. The van der Waals surface area contributed by atoms with Crippen LogP contribution >= 0.6 is 11.6 Å². The Morgan fingerprint density at radius 3 is 2.64 bits per heavy atom. The normalized spacial score (nSPS) is 18.4. The number of carbonyl (C=O) groups excluding carboxylic acids is 4. The fourth-order valence-electron chi connectivity index (χ4n) is 8.13. The second kappa shape index (κ2) is 16.2. The van der Waals surface area contributed by atoms with Crippen molar-refractivity contribution in [2.45, 2.75) is 63.3 Å². The number of amides is 4. The number of imide groups is 1. The highest BCUT2D eigenvalue weighted by molar-refractivity contribution is 6.34. The molecule has 1 aromatic heterocycles. The lowest BCUT2D eigenvalue weighted by molar-refractivity contribution is -0.136. The molecule has 4 aromatic carbocycles. The molecular weight excluding hydrogens is 784 g/mol. The standard InChI is InChI=1S/C43H40ClF2N7O6/c1-58-33-14-12-28(37(39(33)46)36-29-20-43(23-47,26-8-4-2-5-9-26)59-34(29)19-30(45)38(36)44)40(55)48-16-6-3-7-17-52-22-31(50-51-52)24-10-11-27-25(18-24)21-53(42(27)57)32-13-15-35(54)49-41(32)56/h2,4-5,8-12,14,18-19,22,32H,3,6-7,13,15-17,20-21,23,47H2,1H3,(H,48,55)(H,49,54,56)/t32-,43+/m0/s1. The van der Waals surface area contributed by atoms with Crippen molar-refractivity contribution in [3.8, 4) is 33.9 Å². The number of nitrogens with zero attached hydrogens (tertiary/aromatic N) is 4. The van der Waals surface area contributed by atoms with Gasteiger partial charge in [-0.25, -0.2) is 8.78 Å². The molecular formula is C43H40ClF2N7O6. The first-order valence-corrected chi connectivity index (χ1v) is 19.7. The molecule has 59 heavy (non-hydrogen) atoms. The Kier molecular flexibility index (Phi) is 10.9. The summed E-state index contributed by atoms with van der Waals surface area (Å²) >= 11 is 6.61. The van der Waals surface area contributed by atoms with Crippen LogP contribution in [0.4, 0.5) is 8.78 Å². The number of methoxy groups -OCH3 is 1. The van der Waals surface area contributed by atoms with E-state index >= 15 is 8.78 Å². The molecule has 0 bridgehead atoms. The number of fused-ring (bicyclic) bond motifs is 2. The van der Waals surface area contributed by atoms with Crippen LogP contribution in [0, 0.1) is 11.6 Å². The fourth-order valence-corrected chi connectivity index (χ4v) is 8.39. The SMILES string of the molecule is COc1ccc(C(=O)NCCCCCn2cc(-c3ccc4c(c3)CN([C@H]3CCC(=O)NC3=O)C4=O)nn2)c(-c2c(Cl)c(F)cc3c2C[C@@](CN)(c2ccccc2)O3)c1F. The van der Waals surface area contributed by atoms with Gasteiger partial charge in [0.05, 0.1) is 23.9 Å². The average Bonchev–Trinajstić information content (AvgIpc) is 3.96. The summed E-state index contributed by atoms with van der Waals surface area (Å²) in [4.78, 5) is 52.3. The molecule has 4 N–H and O–H groups in total. The van der Waals surface area contributed by atoms with Gasteiger partial charge in [-0.3, -0.25) is 29.2 Å². The molecule has 4 amide bonds. The Morgan fingerprint density at radius 1 is 1.07 bits per heavy atom. The van der Waals surface area contributed by atoms with Crippen LogP contribution in [0.25, 0.3) is 22.4 Å². The van der Waals surface area contributed by atoms with Crippen LogP contribution in [-0.2, 0) is 34.7 Å². The van der Waals surface area contributed by atoms with Gasteiger partial charge in [0.15, 0.2) is 17.2 Å². The van der Waals surface area contributed by atoms with Gasteiger partial charge in [0.2, 0.25) is 11.8 Å². The number of nitrogens with one attached hydrogen (secondary N) is 2. The zero-order valence-corrected chi connectivity index (χ0v) is 32.8. The third kappa shape index (κ3) is 7.40. The lowest BCUT2D eigenvalue weighted by Crippen LogP contribution is -2.52. The first-order valence-electron chi connectivity index (χ1n) is 19.3. The van der Waals surface area contributed by atoms with Crippen LogP contribution in [0.2, 0.25) is 5.02 Å². The largest absolute Gasteiger partial charge is 0.494 e. The summed E-state index contributed by atoms with van der Waals surface area (Å²) in [6, 6.07) is 17.9. The summed E-state index contributed by atoms with van der Waals surface area (Å²) in [5.41, 5.74) is 8.81. The van der Waals surface area contributed by atoms with Gasteiger partial charge in [-0.05, 0) is 61.1 Å². The molecule has 3 aliphatic heterocycles. The molecule has 0 radical (unpaired) electrons. The number of halogens is 3. The van der Waals surface area contributed by atoms with E-state index in [1.165, 1.54) is 24.1 Å². The number of nitrogens with two attached hydrogens (primary N) is 1. The lowest BCUT2D eigenvalue weighted by atomic mass is 9.85. The van der Waals surface area contributed by atoms with Crippen LogP contribution in [0.3, 0.4) is 0 Å². The third-order valence-corrected chi connectivity index (χ3v) is 11.6. The number of rotatable bonds is 13. The minimum absolute atomic E-state index is 0.00393. The average molecular weight is 824 g/mol. The number of hydrogen-bond donors (Lipinski definition) is 3. The number of hydrogen-bond acceptors (Lipinski definition) is 9. The van der Waals surface area contributed by atoms with Gasteiger partial charge in [-0.1, -0.05) is 53.2 Å². The van der Waals surface area contributed by atoms with Crippen molar-refractivity contribution < 1.29 is 37.4 Å². The Morgan fingerprint density at radius 2 is 1.88 bits per heavy atom. The first-order chi connectivity index (χ1) is 28.5. The van der Waals surface area contributed by atoms with E-state index in [2.05, 4.69) is 20.9 Å². The van der Waals surface area contributed by atoms with Gasteiger partial charge in [0.25, 0.3) is 11.8 Å². The van der Waals surface area contributed by atoms with Crippen molar-refractivity contribution in [2.24, 2.45) is 5.73 Å². The first kappa shape index (κ1) is 39.6. The molecule has 3 aliphatic rings. The summed E-state index contributed by atoms with van der Waals surface area (Å²) in [7, 11) is 1.30. The van der Waals surface area contributed by atoms with Gasteiger partial charge in [0.1, 0.15) is 23.3 Å². The van der Waals surface area contributed by atoms with Gasteiger partial charge in [-0.2, -0.15) is 0 Å². The quantitative estimate of drug-likeness (QED) is 0.0996. The minimum atomic E-state index is -1.06. The number of benzene rings is 4. The van der Waals surface area contributed by atoms with E-state index < -0.39 is 35.1 Å². The van der Waals surface area contributed by atoms with E-state index in [1.807, 2.05) is 42.6 Å². The van der Waals surface area contributed by atoms with Crippen molar-refractivity contribution in [1.82, 2.24) is 30.5 Å². The van der Waals surface area contributed by atoms with E-state index in [0.717, 1.165) is 35.6 Å². The third-order valence-electron chi connectivity index (χ3n) is 11.2. The Bertz CT molecular complexity index is 2500. The smallest absolute Gasteiger partial charge is 0.255 e. The molecule has 0 unspecified atom stereocenters. The second-order valence-electron chi connectivity index (χ2n) is 14.8. The van der Waals surface area contributed by atoms with Crippen molar-refractivity contribution >= 4 is 35.2 Å². The molecule has 1 saturated heterocycles. The molecule has 0 spiro atoms. The fraction of sp³-hybridized carbons (Fsp3) is 0.302. The van der Waals surface area contributed by atoms with Gasteiger partial charge >= 0.3 is 0 Å². The molecule has 304 valence electrons. The molecule has 5 aromatic rings. The van der Waals surface area contributed by atoms with E-state index in [1.54, 1.807) is 16.8 Å². The highest BCUT2D eigenvalue weighted by atomic mass is 35.5. The van der Waals surface area contributed by atoms with Crippen LogP contribution in [0.1, 0.15) is 69.5 Å². The van der Waals surface area contributed by atoms with E-state index in [9.17, 15) is 19.2 Å². The number of unbranched alkanes of at least 4 members (excludes halogenated alkanes) is 2. The summed E-state index contributed by atoms with van der Waals surface area (Å²) in [5.74, 6) is -3.30. The summed E-state index contributed by atoms with van der Waals surface area (Å²) in [5, 5.41) is 13.4. The monoisotopic (exact) mass is 823 g/mol. The van der Waals surface area contributed by atoms with Gasteiger partial charge in [0, 0.05) is 72.9 Å².